The van der Waals surface area contributed by atoms with Gasteiger partial charge < -0.3 is 14.8 Å². The van der Waals surface area contributed by atoms with Crippen LogP contribution in [0.3, 0.4) is 0 Å². The summed E-state index contributed by atoms with van der Waals surface area (Å²) < 4.78 is 10.1. The maximum absolute atomic E-state index is 11.4. The van der Waals surface area contributed by atoms with Crippen molar-refractivity contribution in [2.75, 3.05) is 12.4 Å². The summed E-state index contributed by atoms with van der Waals surface area (Å²) in [7, 11) is 1.33. The van der Waals surface area contributed by atoms with E-state index in [2.05, 4.69) is 20.0 Å². The van der Waals surface area contributed by atoms with Crippen LogP contribution in [0.4, 0.5) is 11.5 Å². The normalized spacial score (nSPS) is 11.8. The van der Waals surface area contributed by atoms with Gasteiger partial charge >= 0.3 is 5.97 Å². The number of rotatable bonds is 5. The predicted molar refractivity (Wildman–Crippen MR) is 96.4 cm³/mol. The van der Waals surface area contributed by atoms with Crippen molar-refractivity contribution in [3.63, 3.8) is 0 Å². The summed E-state index contributed by atoms with van der Waals surface area (Å²) in [4.78, 5) is 20.2. The van der Waals surface area contributed by atoms with Crippen LogP contribution in [0.1, 0.15) is 6.92 Å². The molecule has 7 heteroatoms. The van der Waals surface area contributed by atoms with Gasteiger partial charge in [-0.1, -0.05) is 11.6 Å². The highest BCUT2D eigenvalue weighted by molar-refractivity contribution is 6.31. The summed E-state index contributed by atoms with van der Waals surface area (Å²) in [6.07, 6.45) is 0.986. The number of hydrogen-bond donors (Lipinski definition) is 1. The van der Waals surface area contributed by atoms with Crippen molar-refractivity contribution in [3.05, 3.63) is 53.7 Å². The van der Waals surface area contributed by atoms with Gasteiger partial charge in [0.2, 0.25) is 0 Å². The Hall–Kier alpha value is -2.86. The van der Waals surface area contributed by atoms with Gasteiger partial charge in [0, 0.05) is 10.7 Å². The predicted octanol–water partition coefficient (Wildman–Crippen LogP) is 3.97. The second-order valence-electron chi connectivity index (χ2n) is 5.32. The minimum Gasteiger partial charge on any atom is -0.479 e. The van der Waals surface area contributed by atoms with Gasteiger partial charge in [0.15, 0.2) is 6.10 Å². The number of benzene rings is 2. The Morgan fingerprint density at radius 2 is 1.92 bits per heavy atom. The molecule has 25 heavy (non-hydrogen) atoms. The summed E-state index contributed by atoms with van der Waals surface area (Å²) in [5.74, 6) is 0.749. The quantitative estimate of drug-likeness (QED) is 0.696. The van der Waals surface area contributed by atoms with E-state index in [4.69, 9.17) is 16.3 Å². The van der Waals surface area contributed by atoms with Crippen molar-refractivity contribution in [1.82, 2.24) is 9.97 Å². The van der Waals surface area contributed by atoms with E-state index < -0.39 is 12.1 Å². The van der Waals surface area contributed by atoms with Crippen molar-refractivity contribution >= 4 is 40.1 Å². The van der Waals surface area contributed by atoms with E-state index in [1.165, 1.54) is 7.11 Å². The van der Waals surface area contributed by atoms with Gasteiger partial charge in [-0.25, -0.2) is 9.78 Å². The molecule has 0 radical (unpaired) electrons. The second-order valence-corrected chi connectivity index (χ2v) is 5.76. The number of nitrogens with one attached hydrogen (secondary N) is 1. The van der Waals surface area contributed by atoms with Gasteiger partial charge in [-0.2, -0.15) is 0 Å². The average molecular weight is 358 g/mol. The highest BCUT2D eigenvalue weighted by Gasteiger charge is 2.14. The molecule has 3 aromatic rings. The number of carbonyl (C=O) groups excluding carboxylic acids is 1. The Labute approximate surface area is 149 Å². The molecule has 0 spiro atoms. The minimum absolute atomic E-state index is 0.424. The first-order chi connectivity index (χ1) is 12.0. The highest BCUT2D eigenvalue weighted by Crippen LogP contribution is 2.22. The third-order valence-corrected chi connectivity index (χ3v) is 3.71. The first kappa shape index (κ1) is 17.0. The zero-order valence-corrected chi connectivity index (χ0v) is 14.4. The number of methoxy groups -OCH3 is 1. The molecule has 0 aliphatic carbocycles. The van der Waals surface area contributed by atoms with Crippen LogP contribution in [0.2, 0.25) is 5.02 Å². The molecule has 1 N–H and O–H groups in total. The van der Waals surface area contributed by atoms with Crippen LogP contribution in [0.5, 0.6) is 5.75 Å². The highest BCUT2D eigenvalue weighted by atomic mass is 35.5. The van der Waals surface area contributed by atoms with Crippen LogP contribution in [0, 0.1) is 0 Å². The van der Waals surface area contributed by atoms with Crippen LogP contribution in [-0.2, 0) is 9.53 Å². The maximum atomic E-state index is 11.4. The van der Waals surface area contributed by atoms with Crippen LogP contribution < -0.4 is 10.1 Å². The fourth-order valence-corrected chi connectivity index (χ4v) is 2.39. The SMILES string of the molecule is COC(=O)C(C)Oc1ccc(Nc2cnc3ccc(Cl)cc3n2)cc1. The molecule has 6 nitrogen and oxygen atoms in total. The van der Waals surface area contributed by atoms with Crippen LogP contribution >= 0.6 is 11.6 Å². The molecule has 0 amide bonds. The summed E-state index contributed by atoms with van der Waals surface area (Å²) >= 11 is 5.99. The fraction of sp³-hybridized carbons (Fsp3) is 0.167. The topological polar surface area (TPSA) is 73.3 Å². The van der Waals surface area contributed by atoms with Crippen LogP contribution in [0.25, 0.3) is 11.0 Å². The summed E-state index contributed by atoms with van der Waals surface area (Å²) in [5.41, 5.74) is 2.30. The van der Waals surface area contributed by atoms with E-state index in [1.54, 1.807) is 37.4 Å². The molecule has 1 unspecified atom stereocenters. The monoisotopic (exact) mass is 357 g/mol. The first-order valence-electron chi connectivity index (χ1n) is 7.59. The Balaban J connectivity index is 1.72. The molecule has 1 atom stereocenters. The number of nitrogens with zero attached hydrogens (tertiary/aromatic N) is 2. The third kappa shape index (κ3) is 4.16. The van der Waals surface area contributed by atoms with Crippen molar-refractivity contribution in [2.45, 2.75) is 13.0 Å². The molecule has 1 aromatic heterocycles. The second kappa shape index (κ2) is 7.36. The van der Waals surface area contributed by atoms with Gasteiger partial charge in [-0.3, -0.25) is 4.98 Å². The molecule has 0 saturated heterocycles. The van der Waals surface area contributed by atoms with Crippen molar-refractivity contribution < 1.29 is 14.3 Å². The van der Waals surface area contributed by atoms with E-state index in [-0.39, 0.29) is 0 Å². The van der Waals surface area contributed by atoms with Crippen molar-refractivity contribution in [1.29, 1.82) is 0 Å². The number of anilines is 2. The number of esters is 1. The third-order valence-electron chi connectivity index (χ3n) is 3.48. The molecule has 0 bridgehead atoms. The molecular formula is C18H16ClN3O3. The van der Waals surface area contributed by atoms with E-state index in [9.17, 15) is 4.79 Å². The lowest BCUT2D eigenvalue weighted by Crippen LogP contribution is -2.24. The fourth-order valence-electron chi connectivity index (χ4n) is 2.23. The first-order valence-corrected chi connectivity index (χ1v) is 7.97. The molecule has 0 aliphatic rings. The summed E-state index contributed by atoms with van der Waals surface area (Å²) in [6, 6.07) is 12.5. The largest absolute Gasteiger partial charge is 0.479 e. The Morgan fingerprint density at radius 3 is 2.64 bits per heavy atom. The number of hydrogen-bond acceptors (Lipinski definition) is 6. The lowest BCUT2D eigenvalue weighted by atomic mass is 10.3. The number of carbonyl (C=O) groups is 1. The van der Waals surface area contributed by atoms with Crippen molar-refractivity contribution in [3.8, 4) is 5.75 Å². The van der Waals surface area contributed by atoms with Crippen molar-refractivity contribution in [2.24, 2.45) is 0 Å². The molecule has 2 aromatic carbocycles. The zero-order valence-electron chi connectivity index (χ0n) is 13.7. The van der Waals surface area contributed by atoms with E-state index in [0.717, 1.165) is 11.2 Å². The van der Waals surface area contributed by atoms with Gasteiger partial charge in [0.05, 0.1) is 24.3 Å². The number of aromatic nitrogens is 2. The molecule has 0 aliphatic heterocycles. The van der Waals surface area contributed by atoms with Gasteiger partial charge in [0.1, 0.15) is 11.6 Å². The Kier molecular flexibility index (Phi) is 5.00. The van der Waals surface area contributed by atoms with Gasteiger partial charge in [0.25, 0.3) is 0 Å². The lowest BCUT2D eigenvalue weighted by Gasteiger charge is -2.13. The van der Waals surface area contributed by atoms with E-state index >= 15 is 0 Å². The molecule has 1 heterocycles. The molecule has 0 fully saturated rings. The Morgan fingerprint density at radius 1 is 1.16 bits per heavy atom. The minimum atomic E-state index is -0.667. The molecule has 128 valence electrons. The lowest BCUT2D eigenvalue weighted by molar-refractivity contribution is -0.147. The molecule has 0 saturated carbocycles. The van der Waals surface area contributed by atoms with Crippen LogP contribution in [0.15, 0.2) is 48.7 Å². The van der Waals surface area contributed by atoms with Crippen LogP contribution in [-0.4, -0.2) is 29.2 Å². The average Bonchev–Trinajstić information content (AvgIpc) is 2.62. The molecule has 3 rings (SSSR count). The Bertz CT molecular complexity index is 900. The number of fused-ring (bicyclic) bond motifs is 1. The standard InChI is InChI=1S/C18H16ClN3O3/c1-11(18(23)24-2)25-14-6-4-13(5-7-14)21-17-10-20-15-8-3-12(19)9-16(15)22-17/h3-11H,1-2H3,(H,21,22). The zero-order chi connectivity index (χ0) is 17.8. The number of ether oxygens (including phenoxy) is 2. The number of halogens is 1. The van der Waals surface area contributed by atoms with E-state index in [1.807, 2.05) is 18.2 Å². The smallest absolute Gasteiger partial charge is 0.346 e. The van der Waals surface area contributed by atoms with Gasteiger partial charge in [-0.05, 0) is 49.4 Å². The van der Waals surface area contributed by atoms with Gasteiger partial charge in [-0.15, -0.1) is 0 Å². The van der Waals surface area contributed by atoms with E-state index in [0.29, 0.717) is 22.1 Å². The summed E-state index contributed by atoms with van der Waals surface area (Å²) in [5, 5.41) is 3.78. The molecular weight excluding hydrogens is 342 g/mol. The maximum Gasteiger partial charge on any atom is 0.346 e. The summed E-state index contributed by atoms with van der Waals surface area (Å²) in [6.45, 7) is 1.63.